The average molecular weight is 530 g/mol. The summed E-state index contributed by atoms with van der Waals surface area (Å²) < 4.78 is 1.92. The number of amides is 1. The van der Waals surface area contributed by atoms with Crippen molar-refractivity contribution in [2.75, 3.05) is 0 Å². The lowest BCUT2D eigenvalue weighted by molar-refractivity contribution is -0.138. The number of fused-ring (bicyclic) bond motifs is 1. The number of thiazole rings is 1. The molecule has 4 aromatic rings. The van der Waals surface area contributed by atoms with Crippen LogP contribution >= 0.6 is 11.3 Å². The second kappa shape index (κ2) is 10.7. The summed E-state index contributed by atoms with van der Waals surface area (Å²) in [7, 11) is 0. The highest BCUT2D eigenvalue weighted by molar-refractivity contribution is 7.20. The molecule has 0 saturated heterocycles. The SMILES string of the molecule is CC(C)(C)c1ccc(CNC(=O)c2cn3cc(-c4ccc(C5CCC(CC(=O)O)CC5)cc4)sc3n2)cc1. The Kier molecular flexibility index (Phi) is 7.39. The van der Waals surface area contributed by atoms with E-state index >= 15 is 0 Å². The molecule has 198 valence electrons. The Hall–Kier alpha value is -3.45. The van der Waals surface area contributed by atoms with Gasteiger partial charge < -0.3 is 10.4 Å². The maximum atomic E-state index is 12.7. The van der Waals surface area contributed by atoms with Crippen LogP contribution in [0.4, 0.5) is 0 Å². The molecule has 1 aliphatic carbocycles. The summed E-state index contributed by atoms with van der Waals surface area (Å²) in [6.07, 6.45) is 8.19. The maximum Gasteiger partial charge on any atom is 0.303 e. The molecule has 1 aliphatic rings. The van der Waals surface area contributed by atoms with Crippen molar-refractivity contribution in [2.45, 2.75) is 70.8 Å². The highest BCUT2D eigenvalue weighted by atomic mass is 32.1. The van der Waals surface area contributed by atoms with Crippen molar-refractivity contribution in [2.24, 2.45) is 5.92 Å². The molecule has 0 radical (unpaired) electrons. The number of aliphatic carboxylic acids is 1. The van der Waals surface area contributed by atoms with Gasteiger partial charge in [-0.15, -0.1) is 0 Å². The van der Waals surface area contributed by atoms with Crippen LogP contribution in [0.25, 0.3) is 15.4 Å². The van der Waals surface area contributed by atoms with Crippen LogP contribution in [0.5, 0.6) is 0 Å². The molecule has 2 aromatic carbocycles. The molecular formula is C31H35N3O3S. The number of hydrogen-bond acceptors (Lipinski definition) is 4. The molecular weight excluding hydrogens is 494 g/mol. The van der Waals surface area contributed by atoms with Gasteiger partial charge in [0.2, 0.25) is 0 Å². The second-order valence-electron chi connectivity index (χ2n) is 11.5. The normalized spacial score (nSPS) is 18.0. The Morgan fingerprint density at radius 1 is 1.00 bits per heavy atom. The van der Waals surface area contributed by atoms with Gasteiger partial charge in [0, 0.05) is 25.4 Å². The van der Waals surface area contributed by atoms with Crippen molar-refractivity contribution in [3.05, 3.63) is 83.3 Å². The third kappa shape index (κ3) is 5.99. The zero-order valence-corrected chi connectivity index (χ0v) is 23.1. The first-order valence-electron chi connectivity index (χ1n) is 13.3. The molecule has 0 unspecified atom stereocenters. The van der Waals surface area contributed by atoms with E-state index in [-0.39, 0.29) is 11.3 Å². The largest absolute Gasteiger partial charge is 0.481 e. The predicted molar refractivity (Wildman–Crippen MR) is 152 cm³/mol. The van der Waals surface area contributed by atoms with Crippen molar-refractivity contribution < 1.29 is 14.7 Å². The fourth-order valence-electron chi connectivity index (χ4n) is 5.30. The molecule has 1 amide bonds. The number of carbonyl (C=O) groups excluding carboxylic acids is 1. The standard InChI is InChI=1S/C31H35N3O3S/c1-31(2,3)25-14-6-21(7-15-25)17-32-29(37)26-18-34-19-27(38-30(34)33-26)24-12-10-23(11-13-24)22-8-4-20(5-9-22)16-28(35)36/h6-7,10-15,18-20,22H,4-5,8-9,16-17H2,1-3H3,(H,32,37)(H,35,36). The zero-order valence-electron chi connectivity index (χ0n) is 22.2. The second-order valence-corrected chi connectivity index (χ2v) is 12.5. The van der Waals surface area contributed by atoms with Gasteiger partial charge in [-0.05, 0) is 65.2 Å². The molecule has 2 N–H and O–H groups in total. The van der Waals surface area contributed by atoms with E-state index in [9.17, 15) is 9.59 Å². The Balaban J connectivity index is 1.18. The summed E-state index contributed by atoms with van der Waals surface area (Å²) in [6, 6.07) is 17.1. The van der Waals surface area contributed by atoms with Gasteiger partial charge in [-0.1, -0.05) is 80.6 Å². The van der Waals surface area contributed by atoms with Crippen LogP contribution in [0.3, 0.4) is 0 Å². The molecule has 38 heavy (non-hydrogen) atoms. The van der Waals surface area contributed by atoms with Gasteiger partial charge in [0.25, 0.3) is 5.91 Å². The number of imidazole rings is 1. The fourth-order valence-corrected chi connectivity index (χ4v) is 6.27. The van der Waals surface area contributed by atoms with E-state index in [4.69, 9.17) is 5.11 Å². The summed E-state index contributed by atoms with van der Waals surface area (Å²) in [6.45, 7) is 7.03. The molecule has 7 heteroatoms. The van der Waals surface area contributed by atoms with Crippen molar-refractivity contribution in [1.82, 2.24) is 14.7 Å². The number of aromatic nitrogens is 2. The van der Waals surface area contributed by atoms with Gasteiger partial charge >= 0.3 is 5.97 Å². The van der Waals surface area contributed by atoms with Gasteiger partial charge in [0.15, 0.2) is 4.96 Å². The fraction of sp³-hybridized carbons (Fsp3) is 0.387. The third-order valence-corrected chi connectivity index (χ3v) is 8.68. The van der Waals surface area contributed by atoms with Crippen LogP contribution in [0.2, 0.25) is 0 Å². The number of carboxylic acids is 1. The van der Waals surface area contributed by atoms with Crippen molar-refractivity contribution in [3.8, 4) is 10.4 Å². The Bertz CT molecular complexity index is 1390. The van der Waals surface area contributed by atoms with Crippen molar-refractivity contribution in [3.63, 3.8) is 0 Å². The highest BCUT2D eigenvalue weighted by Gasteiger charge is 2.24. The van der Waals surface area contributed by atoms with Crippen LogP contribution in [0, 0.1) is 5.92 Å². The van der Waals surface area contributed by atoms with Crippen molar-refractivity contribution >= 4 is 28.2 Å². The van der Waals surface area contributed by atoms with E-state index in [2.05, 4.69) is 79.6 Å². The highest BCUT2D eigenvalue weighted by Crippen LogP contribution is 2.38. The lowest BCUT2D eigenvalue weighted by Crippen LogP contribution is -2.23. The van der Waals surface area contributed by atoms with E-state index in [1.165, 1.54) is 11.1 Å². The summed E-state index contributed by atoms with van der Waals surface area (Å²) >= 11 is 1.57. The summed E-state index contributed by atoms with van der Waals surface area (Å²) in [5.74, 6) is -0.0379. The Morgan fingerprint density at radius 2 is 1.68 bits per heavy atom. The first-order valence-corrected chi connectivity index (χ1v) is 14.2. The number of carboxylic acid groups (broad SMARTS) is 1. The summed E-state index contributed by atoms with van der Waals surface area (Å²) in [5, 5.41) is 12.0. The molecule has 0 aliphatic heterocycles. The quantitative estimate of drug-likeness (QED) is 0.269. The number of benzene rings is 2. The van der Waals surface area contributed by atoms with Crippen molar-refractivity contribution in [1.29, 1.82) is 0 Å². The lowest BCUT2D eigenvalue weighted by Gasteiger charge is -2.28. The van der Waals surface area contributed by atoms with E-state index in [1.807, 2.05) is 10.6 Å². The number of rotatable bonds is 7. The van der Waals surface area contributed by atoms with Gasteiger partial charge in [-0.3, -0.25) is 14.0 Å². The molecule has 5 rings (SSSR count). The van der Waals surface area contributed by atoms with Gasteiger partial charge in [0.05, 0.1) is 4.88 Å². The number of nitrogens with zero attached hydrogens (tertiary/aromatic N) is 2. The third-order valence-electron chi connectivity index (χ3n) is 7.64. The number of carbonyl (C=O) groups is 2. The monoisotopic (exact) mass is 529 g/mol. The van der Waals surface area contributed by atoms with E-state index in [0.29, 0.717) is 30.5 Å². The predicted octanol–water partition coefficient (Wildman–Crippen LogP) is 7.04. The van der Waals surface area contributed by atoms with Crippen LogP contribution < -0.4 is 5.32 Å². The minimum Gasteiger partial charge on any atom is -0.481 e. The first kappa shape index (κ1) is 26.2. The summed E-state index contributed by atoms with van der Waals surface area (Å²) in [4.78, 5) is 30.2. The molecule has 0 bridgehead atoms. The Labute approximate surface area is 227 Å². The number of nitrogens with one attached hydrogen (secondary N) is 1. The van der Waals surface area contributed by atoms with Gasteiger partial charge in [-0.25, -0.2) is 4.98 Å². The van der Waals surface area contributed by atoms with Gasteiger partial charge in [-0.2, -0.15) is 0 Å². The molecule has 1 saturated carbocycles. The molecule has 2 heterocycles. The lowest BCUT2D eigenvalue weighted by atomic mass is 9.77. The number of hydrogen-bond donors (Lipinski definition) is 2. The molecule has 1 fully saturated rings. The minimum atomic E-state index is -0.685. The van der Waals surface area contributed by atoms with Crippen LogP contribution in [0.1, 0.15) is 86.0 Å². The van der Waals surface area contributed by atoms with Crippen LogP contribution in [-0.2, 0) is 16.8 Å². The topological polar surface area (TPSA) is 83.7 Å². The molecule has 0 spiro atoms. The average Bonchev–Trinajstić information content (AvgIpc) is 3.47. The molecule has 0 atom stereocenters. The summed E-state index contributed by atoms with van der Waals surface area (Å²) in [5.41, 5.74) is 5.32. The smallest absolute Gasteiger partial charge is 0.303 e. The van der Waals surface area contributed by atoms with E-state index in [1.54, 1.807) is 17.5 Å². The van der Waals surface area contributed by atoms with Crippen LogP contribution in [0.15, 0.2) is 60.9 Å². The zero-order chi connectivity index (χ0) is 26.9. The van der Waals surface area contributed by atoms with Gasteiger partial charge in [0.1, 0.15) is 5.69 Å². The molecule has 2 aromatic heterocycles. The minimum absolute atomic E-state index is 0.106. The Morgan fingerprint density at radius 3 is 2.29 bits per heavy atom. The first-order chi connectivity index (χ1) is 18.2. The van der Waals surface area contributed by atoms with Crippen LogP contribution in [-0.4, -0.2) is 26.4 Å². The van der Waals surface area contributed by atoms with E-state index in [0.717, 1.165) is 46.6 Å². The molecule has 6 nitrogen and oxygen atoms in total. The maximum absolute atomic E-state index is 12.7. The van der Waals surface area contributed by atoms with E-state index < -0.39 is 5.97 Å².